The molecule has 0 saturated carbocycles. The van der Waals surface area contributed by atoms with Crippen molar-refractivity contribution in [3.8, 4) is 5.75 Å². The summed E-state index contributed by atoms with van der Waals surface area (Å²) in [5.41, 5.74) is 1.13. The maximum atomic E-state index is 13.3. The first kappa shape index (κ1) is 24.7. The number of sulfonamides is 1. The number of amides is 2. The number of rotatable bonds is 9. The van der Waals surface area contributed by atoms with Crippen LogP contribution in [0.3, 0.4) is 0 Å². The molecule has 8 nitrogen and oxygen atoms in total. The van der Waals surface area contributed by atoms with Crippen LogP contribution in [0.4, 0.5) is 5.69 Å². The van der Waals surface area contributed by atoms with Gasteiger partial charge in [-0.15, -0.1) is 0 Å². The van der Waals surface area contributed by atoms with Crippen molar-refractivity contribution in [3.63, 3.8) is 0 Å². The van der Waals surface area contributed by atoms with Gasteiger partial charge < -0.3 is 15.0 Å². The first-order chi connectivity index (χ1) is 14.6. The number of benzene rings is 2. The summed E-state index contributed by atoms with van der Waals surface area (Å²) >= 11 is 3.32. The molecule has 0 bridgehead atoms. The number of likely N-dealkylation sites (N-methyl/N-ethyl adjacent to an activating group) is 1. The lowest BCUT2D eigenvalue weighted by Gasteiger charge is -2.31. The number of methoxy groups -OCH3 is 1. The van der Waals surface area contributed by atoms with Crippen LogP contribution in [0.1, 0.15) is 12.5 Å². The van der Waals surface area contributed by atoms with Crippen molar-refractivity contribution in [3.05, 3.63) is 58.6 Å². The smallest absolute Gasteiger partial charge is 0.244 e. The fourth-order valence-corrected chi connectivity index (χ4v) is 4.19. The zero-order chi connectivity index (χ0) is 23.2. The molecular weight excluding hydrogens is 486 g/mol. The van der Waals surface area contributed by atoms with Gasteiger partial charge in [0.15, 0.2) is 0 Å². The molecule has 0 saturated heterocycles. The molecule has 10 heteroatoms. The second kappa shape index (κ2) is 10.6. The lowest BCUT2D eigenvalue weighted by atomic mass is 10.1. The minimum atomic E-state index is -3.75. The van der Waals surface area contributed by atoms with Crippen LogP contribution in [0.15, 0.2) is 53.0 Å². The number of carbonyl (C=O) groups is 2. The van der Waals surface area contributed by atoms with Crippen LogP contribution in [0.2, 0.25) is 0 Å². The first-order valence-corrected chi connectivity index (χ1v) is 12.1. The molecule has 0 aliphatic heterocycles. The molecule has 31 heavy (non-hydrogen) atoms. The Balaban J connectivity index is 2.36. The number of anilines is 1. The van der Waals surface area contributed by atoms with Gasteiger partial charge in [0.1, 0.15) is 18.3 Å². The number of hydrogen-bond donors (Lipinski definition) is 1. The fourth-order valence-electron chi connectivity index (χ4n) is 2.96. The summed E-state index contributed by atoms with van der Waals surface area (Å²) in [6.45, 7) is 1.30. The summed E-state index contributed by atoms with van der Waals surface area (Å²) in [4.78, 5) is 26.9. The van der Waals surface area contributed by atoms with E-state index < -0.39 is 28.5 Å². The van der Waals surface area contributed by atoms with Crippen molar-refractivity contribution in [1.82, 2.24) is 10.2 Å². The molecule has 168 valence electrons. The van der Waals surface area contributed by atoms with Crippen LogP contribution in [-0.4, -0.2) is 58.1 Å². The van der Waals surface area contributed by atoms with Gasteiger partial charge in [0, 0.05) is 18.1 Å². The minimum Gasteiger partial charge on any atom is -0.497 e. The van der Waals surface area contributed by atoms with Crippen LogP contribution >= 0.6 is 15.9 Å². The van der Waals surface area contributed by atoms with Gasteiger partial charge in [-0.2, -0.15) is 0 Å². The Labute approximate surface area is 191 Å². The molecule has 0 spiro atoms. The number of carbonyl (C=O) groups excluding carboxylic acids is 2. The molecular formula is C21H26BrN3O5S. The van der Waals surface area contributed by atoms with Crippen LogP contribution in [-0.2, 0) is 26.2 Å². The van der Waals surface area contributed by atoms with Crippen molar-refractivity contribution >= 4 is 43.5 Å². The predicted molar refractivity (Wildman–Crippen MR) is 123 cm³/mol. The van der Waals surface area contributed by atoms with E-state index in [-0.39, 0.29) is 12.5 Å². The van der Waals surface area contributed by atoms with Crippen molar-refractivity contribution in [2.75, 3.05) is 31.3 Å². The molecule has 0 aliphatic carbocycles. The molecule has 1 atom stereocenters. The third-order valence-corrected chi connectivity index (χ3v) is 6.33. The quantitative estimate of drug-likeness (QED) is 0.557. The van der Waals surface area contributed by atoms with Crippen molar-refractivity contribution < 1.29 is 22.7 Å². The second-order valence-corrected chi connectivity index (χ2v) is 9.73. The molecule has 0 aliphatic rings. The number of halogens is 1. The highest BCUT2D eigenvalue weighted by atomic mass is 79.9. The summed E-state index contributed by atoms with van der Waals surface area (Å²) < 4.78 is 31.7. The maximum absolute atomic E-state index is 13.3. The zero-order valence-electron chi connectivity index (χ0n) is 17.8. The van der Waals surface area contributed by atoms with Crippen LogP contribution in [0.5, 0.6) is 5.75 Å². The molecule has 0 radical (unpaired) electrons. The number of hydrogen-bond acceptors (Lipinski definition) is 5. The molecule has 1 unspecified atom stereocenters. The average molecular weight is 512 g/mol. The highest BCUT2D eigenvalue weighted by Crippen LogP contribution is 2.23. The summed E-state index contributed by atoms with van der Waals surface area (Å²) in [7, 11) is -0.708. The highest BCUT2D eigenvalue weighted by Gasteiger charge is 2.29. The molecule has 0 aromatic heterocycles. The van der Waals surface area contributed by atoms with E-state index in [0.717, 1.165) is 16.1 Å². The van der Waals surface area contributed by atoms with E-state index in [1.807, 2.05) is 0 Å². The number of nitrogens with one attached hydrogen (secondary N) is 1. The lowest BCUT2D eigenvalue weighted by molar-refractivity contribution is -0.139. The molecule has 2 aromatic carbocycles. The Kier molecular flexibility index (Phi) is 8.46. The second-order valence-electron chi connectivity index (χ2n) is 6.91. The zero-order valence-corrected chi connectivity index (χ0v) is 20.2. The highest BCUT2D eigenvalue weighted by molar-refractivity contribution is 9.10. The Hall–Kier alpha value is -2.59. The van der Waals surface area contributed by atoms with E-state index in [2.05, 4.69) is 21.2 Å². The summed E-state index contributed by atoms with van der Waals surface area (Å²) in [6, 6.07) is 13.0. The van der Waals surface area contributed by atoms with Gasteiger partial charge in [0.25, 0.3) is 0 Å². The van der Waals surface area contributed by atoms with Gasteiger partial charge in [0.2, 0.25) is 21.8 Å². The van der Waals surface area contributed by atoms with Gasteiger partial charge in [-0.1, -0.05) is 34.1 Å². The van der Waals surface area contributed by atoms with Crippen molar-refractivity contribution in [2.45, 2.75) is 19.5 Å². The van der Waals surface area contributed by atoms with Crippen LogP contribution in [0.25, 0.3) is 0 Å². The predicted octanol–water partition coefficient (Wildman–Crippen LogP) is 2.39. The number of nitrogens with zero attached hydrogens (tertiary/aromatic N) is 2. The van der Waals surface area contributed by atoms with E-state index in [1.54, 1.807) is 62.6 Å². The van der Waals surface area contributed by atoms with E-state index in [0.29, 0.717) is 15.9 Å². The molecule has 1 N–H and O–H groups in total. The van der Waals surface area contributed by atoms with E-state index in [4.69, 9.17) is 4.74 Å². The van der Waals surface area contributed by atoms with Crippen LogP contribution in [0, 0.1) is 0 Å². The van der Waals surface area contributed by atoms with Crippen molar-refractivity contribution in [1.29, 1.82) is 0 Å². The number of ether oxygens (including phenoxy) is 1. The standard InChI is InChI=1S/C21H26BrN3O5S/c1-15(21(27)23-2)24(13-16-8-10-19(30-3)11-9-16)20(26)14-25(31(4,28)29)18-7-5-6-17(22)12-18/h5-12,15H,13-14H2,1-4H3,(H,23,27). The Morgan fingerprint density at radius 2 is 1.81 bits per heavy atom. The monoisotopic (exact) mass is 511 g/mol. The topological polar surface area (TPSA) is 96.0 Å². The Morgan fingerprint density at radius 3 is 2.32 bits per heavy atom. The van der Waals surface area contributed by atoms with Gasteiger partial charge in [-0.3, -0.25) is 13.9 Å². The largest absolute Gasteiger partial charge is 0.497 e. The normalized spacial score (nSPS) is 12.0. The minimum absolute atomic E-state index is 0.132. The maximum Gasteiger partial charge on any atom is 0.244 e. The summed E-state index contributed by atoms with van der Waals surface area (Å²) in [5, 5.41) is 2.54. The van der Waals surface area contributed by atoms with Crippen LogP contribution < -0.4 is 14.4 Å². The molecule has 0 heterocycles. The van der Waals surface area contributed by atoms with E-state index >= 15 is 0 Å². The SMILES string of the molecule is CNC(=O)C(C)N(Cc1ccc(OC)cc1)C(=O)CN(c1cccc(Br)c1)S(C)(=O)=O. The van der Waals surface area contributed by atoms with E-state index in [9.17, 15) is 18.0 Å². The average Bonchev–Trinajstić information content (AvgIpc) is 2.74. The van der Waals surface area contributed by atoms with Gasteiger partial charge >= 0.3 is 0 Å². The first-order valence-electron chi connectivity index (χ1n) is 9.44. The molecule has 0 fully saturated rings. The summed E-state index contributed by atoms with van der Waals surface area (Å²) in [6.07, 6.45) is 1.04. The van der Waals surface area contributed by atoms with Gasteiger partial charge in [-0.05, 0) is 42.8 Å². The van der Waals surface area contributed by atoms with Gasteiger partial charge in [0.05, 0.1) is 19.1 Å². The third kappa shape index (κ3) is 6.70. The fraction of sp³-hybridized carbons (Fsp3) is 0.333. The lowest BCUT2D eigenvalue weighted by Crippen LogP contribution is -2.50. The van der Waals surface area contributed by atoms with Gasteiger partial charge in [-0.25, -0.2) is 8.42 Å². The third-order valence-electron chi connectivity index (χ3n) is 4.70. The molecule has 2 aromatic rings. The molecule has 2 amide bonds. The molecule has 2 rings (SSSR count). The summed E-state index contributed by atoms with van der Waals surface area (Å²) in [5.74, 6) is -0.188. The Bertz CT molecular complexity index is 1030. The van der Waals surface area contributed by atoms with E-state index in [1.165, 1.54) is 11.9 Å². The van der Waals surface area contributed by atoms with Crippen molar-refractivity contribution in [2.24, 2.45) is 0 Å². The Morgan fingerprint density at radius 1 is 1.16 bits per heavy atom.